The third-order valence-corrected chi connectivity index (χ3v) is 4.53. The number of nitrogens with two attached hydrogens (primary N) is 1. The molecule has 0 spiro atoms. The lowest BCUT2D eigenvalue weighted by Crippen LogP contribution is -2.16. The number of anilines is 2. The summed E-state index contributed by atoms with van der Waals surface area (Å²) in [6.45, 7) is 3.25. The van der Waals surface area contributed by atoms with E-state index in [1.165, 1.54) is 43.6 Å². The second-order valence-corrected chi connectivity index (χ2v) is 6.01. The van der Waals surface area contributed by atoms with Crippen LogP contribution < -0.4 is 11.1 Å². The molecule has 2 rings (SSSR count). The number of hydrogen-bond donors (Lipinski definition) is 2. The molecule has 5 heteroatoms. The third kappa shape index (κ3) is 3.14. The Morgan fingerprint density at radius 1 is 1.56 bits per heavy atom. The molecule has 1 aromatic heterocycles. The normalized spacial score (nSPS) is 23.6. The van der Waals surface area contributed by atoms with Crippen molar-refractivity contribution in [3.63, 3.8) is 0 Å². The molecule has 0 radical (unpaired) electrons. The zero-order chi connectivity index (χ0) is 13.0. The molecule has 1 heterocycles. The summed E-state index contributed by atoms with van der Waals surface area (Å²) in [4.78, 5) is 0. The van der Waals surface area contributed by atoms with Crippen LogP contribution in [-0.4, -0.2) is 10.9 Å². The van der Waals surface area contributed by atoms with Gasteiger partial charge in [-0.15, -0.1) is 0 Å². The van der Waals surface area contributed by atoms with Gasteiger partial charge in [-0.05, 0) is 36.2 Å². The lowest BCUT2D eigenvalue weighted by atomic mass is 9.81. The fourth-order valence-electron chi connectivity index (χ4n) is 2.74. The van der Waals surface area contributed by atoms with Crippen LogP contribution in [0.5, 0.6) is 0 Å². The molecule has 2 unspecified atom stereocenters. The average Bonchev–Trinajstić information content (AvgIpc) is 2.70. The predicted octanol–water partition coefficient (Wildman–Crippen LogP) is 3.23. The van der Waals surface area contributed by atoms with Crippen molar-refractivity contribution in [1.29, 1.82) is 5.26 Å². The van der Waals surface area contributed by atoms with E-state index in [1.807, 2.05) is 0 Å². The fraction of sp³-hybridized carbons (Fsp3) is 0.692. The first-order valence-corrected chi connectivity index (χ1v) is 7.37. The van der Waals surface area contributed by atoms with Crippen molar-refractivity contribution in [3.8, 4) is 6.07 Å². The fourth-order valence-corrected chi connectivity index (χ4v) is 3.43. The highest BCUT2D eigenvalue weighted by molar-refractivity contribution is 7.10. The summed E-state index contributed by atoms with van der Waals surface area (Å²) in [7, 11) is 0. The van der Waals surface area contributed by atoms with Gasteiger partial charge in [0.15, 0.2) is 5.82 Å². The maximum Gasteiger partial charge on any atom is 0.157 e. The van der Waals surface area contributed by atoms with Gasteiger partial charge in [-0.2, -0.15) is 9.64 Å². The summed E-state index contributed by atoms with van der Waals surface area (Å²) in [6, 6.07) is 2.10. The van der Waals surface area contributed by atoms with Crippen LogP contribution in [0, 0.1) is 23.2 Å². The molecule has 4 nitrogen and oxygen atoms in total. The molecule has 98 valence electrons. The zero-order valence-corrected chi connectivity index (χ0v) is 11.6. The summed E-state index contributed by atoms with van der Waals surface area (Å²) < 4.78 is 4.00. The molecule has 0 saturated heterocycles. The SMILES string of the molecule is CC1CCCC(CCNc2snc(N)c2C#N)C1. The number of nitrogens with one attached hydrogen (secondary N) is 1. The summed E-state index contributed by atoms with van der Waals surface area (Å²) in [5, 5.41) is 13.1. The second-order valence-electron chi connectivity index (χ2n) is 5.24. The highest BCUT2D eigenvalue weighted by Gasteiger charge is 2.18. The maximum atomic E-state index is 8.97. The number of nitriles is 1. The molecule has 18 heavy (non-hydrogen) atoms. The van der Waals surface area contributed by atoms with E-state index in [-0.39, 0.29) is 0 Å². The quantitative estimate of drug-likeness (QED) is 0.875. The number of nitrogen functional groups attached to an aromatic ring is 1. The van der Waals surface area contributed by atoms with Gasteiger partial charge in [0, 0.05) is 6.54 Å². The van der Waals surface area contributed by atoms with Crippen LogP contribution >= 0.6 is 11.5 Å². The Labute approximate surface area is 112 Å². The molecule has 0 aromatic carbocycles. The first kappa shape index (κ1) is 13.2. The monoisotopic (exact) mass is 264 g/mol. The van der Waals surface area contributed by atoms with Gasteiger partial charge in [0.05, 0.1) is 0 Å². The summed E-state index contributed by atoms with van der Waals surface area (Å²) >= 11 is 1.28. The standard InChI is InChI=1S/C13H20N4S/c1-9-3-2-4-10(7-9)5-6-16-13-11(8-14)12(15)17-18-13/h9-10,16H,2-7H2,1H3,(H2,15,17). The topological polar surface area (TPSA) is 74.7 Å². The molecule has 1 aromatic rings. The molecular weight excluding hydrogens is 244 g/mol. The molecule has 0 bridgehead atoms. The number of rotatable bonds is 4. The number of nitrogens with zero attached hydrogens (tertiary/aromatic N) is 2. The molecule has 2 atom stereocenters. The highest BCUT2D eigenvalue weighted by Crippen LogP contribution is 2.31. The molecular formula is C13H20N4S. The van der Waals surface area contributed by atoms with E-state index in [1.54, 1.807) is 0 Å². The minimum absolute atomic E-state index is 0.344. The smallest absolute Gasteiger partial charge is 0.157 e. The predicted molar refractivity (Wildman–Crippen MR) is 75.5 cm³/mol. The van der Waals surface area contributed by atoms with Crippen molar-refractivity contribution in [2.45, 2.75) is 39.0 Å². The van der Waals surface area contributed by atoms with Crippen molar-refractivity contribution < 1.29 is 0 Å². The number of aromatic nitrogens is 1. The lowest BCUT2D eigenvalue weighted by molar-refractivity contribution is 0.274. The van der Waals surface area contributed by atoms with Crippen LogP contribution in [-0.2, 0) is 0 Å². The van der Waals surface area contributed by atoms with Crippen molar-refractivity contribution in [2.24, 2.45) is 11.8 Å². The first-order chi connectivity index (χ1) is 8.70. The maximum absolute atomic E-state index is 8.97. The Morgan fingerprint density at radius 2 is 2.39 bits per heavy atom. The lowest BCUT2D eigenvalue weighted by Gasteiger charge is -2.26. The Balaban J connectivity index is 1.80. The molecule has 1 aliphatic carbocycles. The van der Waals surface area contributed by atoms with Crippen LogP contribution in [0.3, 0.4) is 0 Å². The molecule has 1 fully saturated rings. The average molecular weight is 264 g/mol. The van der Waals surface area contributed by atoms with Gasteiger partial charge in [0.1, 0.15) is 16.6 Å². The van der Waals surface area contributed by atoms with Crippen molar-refractivity contribution in [1.82, 2.24) is 4.37 Å². The van der Waals surface area contributed by atoms with Gasteiger partial charge in [-0.1, -0.05) is 26.2 Å². The molecule has 1 aliphatic rings. The van der Waals surface area contributed by atoms with Gasteiger partial charge >= 0.3 is 0 Å². The Morgan fingerprint density at radius 3 is 3.11 bits per heavy atom. The first-order valence-electron chi connectivity index (χ1n) is 6.59. The van der Waals surface area contributed by atoms with Gasteiger partial charge in [0.2, 0.25) is 0 Å². The summed E-state index contributed by atoms with van der Waals surface area (Å²) in [5.74, 6) is 2.05. The van der Waals surface area contributed by atoms with Crippen molar-refractivity contribution in [2.75, 3.05) is 17.6 Å². The second kappa shape index (κ2) is 6.05. The third-order valence-electron chi connectivity index (χ3n) is 3.71. The van der Waals surface area contributed by atoms with Crippen LogP contribution in [0.2, 0.25) is 0 Å². The van der Waals surface area contributed by atoms with E-state index in [2.05, 4.69) is 22.7 Å². The molecule has 3 N–H and O–H groups in total. The Hall–Kier alpha value is -1.28. The Kier molecular flexibility index (Phi) is 4.43. The van der Waals surface area contributed by atoms with Crippen LogP contribution in [0.15, 0.2) is 0 Å². The van der Waals surface area contributed by atoms with E-state index in [0.717, 1.165) is 23.4 Å². The van der Waals surface area contributed by atoms with Crippen LogP contribution in [0.4, 0.5) is 10.8 Å². The minimum atomic E-state index is 0.344. The zero-order valence-electron chi connectivity index (χ0n) is 10.8. The Bertz CT molecular complexity index is 435. The van der Waals surface area contributed by atoms with Gasteiger partial charge in [0.25, 0.3) is 0 Å². The molecule has 1 saturated carbocycles. The van der Waals surface area contributed by atoms with Crippen molar-refractivity contribution >= 4 is 22.4 Å². The summed E-state index contributed by atoms with van der Waals surface area (Å²) in [6.07, 6.45) is 6.61. The van der Waals surface area contributed by atoms with Gasteiger partial charge in [-0.3, -0.25) is 0 Å². The minimum Gasteiger partial charge on any atom is -0.382 e. The van der Waals surface area contributed by atoms with E-state index in [9.17, 15) is 0 Å². The summed E-state index contributed by atoms with van der Waals surface area (Å²) in [5.41, 5.74) is 6.12. The van der Waals surface area contributed by atoms with Gasteiger partial charge < -0.3 is 11.1 Å². The molecule has 0 amide bonds. The largest absolute Gasteiger partial charge is 0.382 e. The number of hydrogen-bond acceptors (Lipinski definition) is 5. The van der Waals surface area contributed by atoms with E-state index >= 15 is 0 Å². The van der Waals surface area contributed by atoms with Crippen molar-refractivity contribution in [3.05, 3.63) is 5.56 Å². The van der Waals surface area contributed by atoms with Gasteiger partial charge in [-0.25, -0.2) is 0 Å². The van der Waals surface area contributed by atoms with E-state index in [4.69, 9.17) is 11.0 Å². The van der Waals surface area contributed by atoms with Crippen LogP contribution in [0.25, 0.3) is 0 Å². The molecule has 0 aliphatic heterocycles. The van der Waals surface area contributed by atoms with Crippen LogP contribution in [0.1, 0.15) is 44.6 Å². The van der Waals surface area contributed by atoms with E-state index in [0.29, 0.717) is 11.4 Å². The van der Waals surface area contributed by atoms with E-state index < -0.39 is 0 Å². The highest BCUT2D eigenvalue weighted by atomic mass is 32.1.